The molecular weight excluding hydrogens is 401 g/mol. The van der Waals surface area contributed by atoms with Crippen LogP contribution in [0.2, 0.25) is 0 Å². The Morgan fingerprint density at radius 3 is 2.31 bits per heavy atom. The van der Waals surface area contributed by atoms with Crippen molar-refractivity contribution in [3.05, 3.63) is 53.8 Å². The normalized spacial score (nSPS) is 11.5. The van der Waals surface area contributed by atoms with Crippen LogP contribution in [0, 0.1) is 5.82 Å². The maximum Gasteiger partial charge on any atom is 0.412 e. The van der Waals surface area contributed by atoms with Gasteiger partial charge in [0.2, 0.25) is 10.0 Å². The fraction of sp³-hybridized carbons (Fsp3) is 0.263. The van der Waals surface area contributed by atoms with Gasteiger partial charge in [-0.2, -0.15) is 0 Å². The van der Waals surface area contributed by atoms with Gasteiger partial charge in [-0.3, -0.25) is 14.8 Å². The number of benzene rings is 2. The van der Waals surface area contributed by atoms with E-state index in [0.717, 1.165) is 18.4 Å². The van der Waals surface area contributed by atoms with Gasteiger partial charge < -0.3 is 10.1 Å². The number of amides is 2. The summed E-state index contributed by atoms with van der Waals surface area (Å²) in [5, 5.41) is 4.96. The molecule has 8 nitrogen and oxygen atoms in total. The predicted molar refractivity (Wildman–Crippen MR) is 109 cm³/mol. The summed E-state index contributed by atoms with van der Waals surface area (Å²) in [5.74, 6) is -1.25. The molecule has 0 saturated carbocycles. The minimum Gasteiger partial charge on any atom is -0.444 e. The molecule has 0 heterocycles. The molecule has 0 aliphatic rings. The molecule has 0 fully saturated rings. The third-order valence-corrected chi connectivity index (χ3v) is 3.90. The zero-order valence-electron chi connectivity index (χ0n) is 16.4. The number of anilines is 3. The summed E-state index contributed by atoms with van der Waals surface area (Å²) in [6.07, 6.45) is 0.222. The van der Waals surface area contributed by atoms with Crippen LogP contribution in [0.3, 0.4) is 0 Å². The second-order valence-corrected chi connectivity index (χ2v) is 8.97. The van der Waals surface area contributed by atoms with E-state index in [1.54, 1.807) is 20.8 Å². The molecular formula is C19H22FN3O5S. The third kappa shape index (κ3) is 7.41. The van der Waals surface area contributed by atoms with E-state index in [9.17, 15) is 22.4 Å². The van der Waals surface area contributed by atoms with Gasteiger partial charge in [0.1, 0.15) is 11.4 Å². The first kappa shape index (κ1) is 22.2. The molecule has 3 N–H and O–H groups in total. The van der Waals surface area contributed by atoms with Gasteiger partial charge in [0.15, 0.2) is 0 Å². The molecule has 0 bridgehead atoms. The van der Waals surface area contributed by atoms with Gasteiger partial charge in [-0.1, -0.05) is 6.07 Å². The summed E-state index contributed by atoms with van der Waals surface area (Å²) in [6.45, 7) is 5.08. The van der Waals surface area contributed by atoms with Crippen LogP contribution in [0.25, 0.3) is 0 Å². The average molecular weight is 423 g/mol. The number of rotatable bonds is 5. The highest BCUT2D eigenvalue weighted by Crippen LogP contribution is 2.25. The number of sulfonamides is 1. The summed E-state index contributed by atoms with van der Waals surface area (Å²) in [4.78, 5) is 24.5. The predicted octanol–water partition coefficient (Wildman–Crippen LogP) is 3.80. The molecule has 0 saturated heterocycles. The van der Waals surface area contributed by atoms with Crippen molar-refractivity contribution in [2.75, 3.05) is 21.6 Å². The van der Waals surface area contributed by atoms with Crippen molar-refractivity contribution in [1.29, 1.82) is 0 Å². The van der Waals surface area contributed by atoms with Crippen LogP contribution in [-0.4, -0.2) is 32.3 Å². The van der Waals surface area contributed by atoms with Gasteiger partial charge in [0, 0.05) is 11.3 Å². The lowest BCUT2D eigenvalue weighted by Crippen LogP contribution is -2.27. The van der Waals surface area contributed by atoms with Crippen LogP contribution in [0.1, 0.15) is 31.1 Å². The van der Waals surface area contributed by atoms with E-state index >= 15 is 0 Å². The van der Waals surface area contributed by atoms with Gasteiger partial charge in [-0.05, 0) is 57.2 Å². The fourth-order valence-electron chi connectivity index (χ4n) is 2.27. The highest BCUT2D eigenvalue weighted by molar-refractivity contribution is 7.92. The molecule has 0 aromatic heterocycles. The molecule has 0 unspecified atom stereocenters. The second kappa shape index (κ2) is 8.48. The van der Waals surface area contributed by atoms with Crippen molar-refractivity contribution < 1.29 is 27.1 Å². The van der Waals surface area contributed by atoms with E-state index in [1.165, 1.54) is 30.3 Å². The number of hydrogen-bond donors (Lipinski definition) is 3. The SMILES string of the molecule is CC(C)(C)OC(=O)Nc1ccc(F)cc1NC(=O)c1cccc(NS(C)(=O)=O)c1. The number of nitrogens with one attached hydrogen (secondary N) is 3. The quantitative estimate of drug-likeness (QED) is 0.677. The van der Waals surface area contributed by atoms with Crippen LogP contribution >= 0.6 is 0 Å². The van der Waals surface area contributed by atoms with Crippen LogP contribution in [0.5, 0.6) is 0 Å². The van der Waals surface area contributed by atoms with Gasteiger partial charge >= 0.3 is 6.09 Å². The lowest BCUT2D eigenvalue weighted by Gasteiger charge is -2.20. The van der Waals surface area contributed by atoms with Gasteiger partial charge in [-0.15, -0.1) is 0 Å². The first-order valence-electron chi connectivity index (χ1n) is 8.51. The zero-order valence-corrected chi connectivity index (χ0v) is 17.2. The summed E-state index contributed by atoms with van der Waals surface area (Å²) in [5.41, 5.74) is -0.250. The Bertz CT molecular complexity index is 1030. The highest BCUT2D eigenvalue weighted by Gasteiger charge is 2.18. The van der Waals surface area contributed by atoms with E-state index in [1.807, 2.05) is 0 Å². The monoisotopic (exact) mass is 423 g/mol. The summed E-state index contributed by atoms with van der Waals surface area (Å²) in [6, 6.07) is 9.22. The molecule has 0 aliphatic carbocycles. The zero-order chi connectivity index (χ0) is 21.8. The first-order chi connectivity index (χ1) is 13.3. The van der Waals surface area contributed by atoms with E-state index < -0.39 is 33.4 Å². The number of carbonyl (C=O) groups excluding carboxylic acids is 2. The minimum atomic E-state index is -3.51. The Labute approximate surface area is 168 Å². The molecule has 2 amide bonds. The maximum absolute atomic E-state index is 13.7. The number of halogens is 1. The molecule has 29 heavy (non-hydrogen) atoms. The molecule has 2 aromatic carbocycles. The minimum absolute atomic E-state index is 0.0161. The number of ether oxygens (including phenoxy) is 1. The number of hydrogen-bond acceptors (Lipinski definition) is 5. The van der Waals surface area contributed by atoms with Crippen LogP contribution in [0.15, 0.2) is 42.5 Å². The molecule has 0 aliphatic heterocycles. The van der Waals surface area contributed by atoms with Gasteiger partial charge in [0.25, 0.3) is 5.91 Å². The second-order valence-electron chi connectivity index (χ2n) is 7.23. The van der Waals surface area contributed by atoms with Crippen LogP contribution < -0.4 is 15.4 Å². The highest BCUT2D eigenvalue weighted by atomic mass is 32.2. The van der Waals surface area contributed by atoms with E-state index in [-0.39, 0.29) is 22.6 Å². The molecule has 2 rings (SSSR count). The Hall–Kier alpha value is -3.14. The molecule has 0 spiro atoms. The largest absolute Gasteiger partial charge is 0.444 e. The molecule has 10 heteroatoms. The topological polar surface area (TPSA) is 114 Å². The van der Waals surface area contributed by atoms with Crippen molar-refractivity contribution in [3.63, 3.8) is 0 Å². The van der Waals surface area contributed by atoms with Crippen molar-refractivity contribution in [3.8, 4) is 0 Å². The Balaban J connectivity index is 2.23. The lowest BCUT2D eigenvalue weighted by atomic mass is 10.1. The van der Waals surface area contributed by atoms with Crippen molar-refractivity contribution in [2.24, 2.45) is 0 Å². The van der Waals surface area contributed by atoms with Crippen LogP contribution in [-0.2, 0) is 14.8 Å². The standard InChI is InChI=1S/C19H22FN3O5S/c1-19(2,3)28-18(25)22-15-9-8-13(20)11-16(15)21-17(24)12-6-5-7-14(10-12)23-29(4,26)27/h5-11,23H,1-4H3,(H,21,24)(H,22,25). The number of carbonyl (C=O) groups is 2. The van der Waals surface area contributed by atoms with E-state index in [4.69, 9.17) is 4.74 Å². The van der Waals surface area contributed by atoms with Gasteiger partial charge in [-0.25, -0.2) is 17.6 Å². The summed E-state index contributed by atoms with van der Waals surface area (Å²) >= 11 is 0. The molecule has 0 radical (unpaired) electrons. The van der Waals surface area contributed by atoms with Gasteiger partial charge in [0.05, 0.1) is 17.6 Å². The van der Waals surface area contributed by atoms with Crippen molar-refractivity contribution in [2.45, 2.75) is 26.4 Å². The molecule has 156 valence electrons. The van der Waals surface area contributed by atoms with Crippen molar-refractivity contribution >= 4 is 39.1 Å². The Morgan fingerprint density at radius 1 is 1.00 bits per heavy atom. The van der Waals surface area contributed by atoms with E-state index in [0.29, 0.717) is 0 Å². The Morgan fingerprint density at radius 2 is 1.69 bits per heavy atom. The van der Waals surface area contributed by atoms with E-state index in [2.05, 4.69) is 15.4 Å². The first-order valence-corrected chi connectivity index (χ1v) is 10.4. The molecule has 2 aromatic rings. The Kier molecular flexibility index (Phi) is 6.48. The maximum atomic E-state index is 13.7. The lowest BCUT2D eigenvalue weighted by molar-refractivity contribution is 0.0635. The van der Waals surface area contributed by atoms with Crippen LogP contribution in [0.4, 0.5) is 26.2 Å². The fourth-order valence-corrected chi connectivity index (χ4v) is 2.83. The smallest absolute Gasteiger partial charge is 0.412 e. The average Bonchev–Trinajstić information content (AvgIpc) is 2.54. The summed E-state index contributed by atoms with van der Waals surface area (Å²) in [7, 11) is -3.51. The third-order valence-electron chi connectivity index (χ3n) is 3.29. The molecule has 0 atom stereocenters. The van der Waals surface area contributed by atoms with Crippen molar-refractivity contribution in [1.82, 2.24) is 0 Å². The summed E-state index contributed by atoms with van der Waals surface area (Å²) < 4.78 is 43.8.